The van der Waals surface area contributed by atoms with Gasteiger partial charge in [-0.3, -0.25) is 9.59 Å². The summed E-state index contributed by atoms with van der Waals surface area (Å²) in [5, 5.41) is 2.83. The highest BCUT2D eigenvalue weighted by Gasteiger charge is 2.66. The zero-order chi connectivity index (χ0) is 21.6. The number of carbonyl (C=O) groups is 3. The first kappa shape index (κ1) is 19.1. The van der Waals surface area contributed by atoms with Crippen LogP contribution in [0.5, 0.6) is 0 Å². The Hall–Kier alpha value is -3.93. The second kappa shape index (κ2) is 7.09. The third kappa shape index (κ3) is 2.75. The second-order valence-corrected chi connectivity index (χ2v) is 7.74. The molecule has 1 fully saturated rings. The maximum Gasteiger partial charge on any atom is 0.330 e. The lowest BCUT2D eigenvalue weighted by Gasteiger charge is -2.30. The minimum absolute atomic E-state index is 0.327. The van der Waals surface area contributed by atoms with E-state index in [1.54, 1.807) is 37.4 Å². The molecule has 3 aromatic carbocycles. The Morgan fingerprint density at radius 2 is 1.52 bits per heavy atom. The number of para-hydroxylation sites is 1. The Labute approximate surface area is 179 Å². The molecule has 0 saturated carbocycles. The molecule has 1 spiro atoms. The van der Waals surface area contributed by atoms with Gasteiger partial charge in [-0.2, -0.15) is 0 Å². The highest BCUT2D eigenvalue weighted by molar-refractivity contribution is 6.11. The maximum absolute atomic E-state index is 13.6. The third-order valence-corrected chi connectivity index (χ3v) is 6.06. The van der Waals surface area contributed by atoms with Crippen molar-refractivity contribution in [1.29, 1.82) is 0 Å². The van der Waals surface area contributed by atoms with Crippen molar-refractivity contribution in [3.63, 3.8) is 0 Å². The van der Waals surface area contributed by atoms with Crippen LogP contribution in [0.2, 0.25) is 0 Å². The van der Waals surface area contributed by atoms with Gasteiger partial charge in [0.25, 0.3) is 11.8 Å². The van der Waals surface area contributed by atoms with E-state index in [-0.39, 0.29) is 5.91 Å². The quantitative estimate of drug-likeness (QED) is 0.671. The number of benzene rings is 3. The summed E-state index contributed by atoms with van der Waals surface area (Å²) in [4.78, 5) is 41.1. The molecule has 6 heteroatoms. The summed E-state index contributed by atoms with van der Waals surface area (Å²) < 4.78 is 5.89. The summed E-state index contributed by atoms with van der Waals surface area (Å²) in [6, 6.07) is 24.2. The van der Waals surface area contributed by atoms with E-state index < -0.39 is 29.4 Å². The molecule has 3 aromatic rings. The van der Waals surface area contributed by atoms with Crippen LogP contribution in [0.1, 0.15) is 27.4 Å². The van der Waals surface area contributed by atoms with Gasteiger partial charge in [0.05, 0.1) is 11.6 Å². The van der Waals surface area contributed by atoms with E-state index in [0.717, 1.165) is 5.56 Å². The fourth-order valence-electron chi connectivity index (χ4n) is 4.65. The number of esters is 1. The highest BCUT2D eigenvalue weighted by atomic mass is 16.6. The van der Waals surface area contributed by atoms with E-state index in [2.05, 4.69) is 5.32 Å². The molecule has 2 aliphatic heterocycles. The van der Waals surface area contributed by atoms with E-state index in [9.17, 15) is 14.4 Å². The van der Waals surface area contributed by atoms with Crippen LogP contribution in [-0.2, 0) is 19.9 Å². The molecular weight excluding hydrogens is 392 g/mol. The topological polar surface area (TPSA) is 75.7 Å². The van der Waals surface area contributed by atoms with Gasteiger partial charge in [-0.25, -0.2) is 4.79 Å². The molecule has 0 bridgehead atoms. The van der Waals surface area contributed by atoms with Crippen LogP contribution in [0, 0.1) is 0 Å². The lowest BCUT2D eigenvalue weighted by molar-refractivity contribution is -0.158. The predicted molar refractivity (Wildman–Crippen MR) is 115 cm³/mol. The van der Waals surface area contributed by atoms with Gasteiger partial charge in [0.1, 0.15) is 6.04 Å². The number of amides is 2. The van der Waals surface area contributed by atoms with Crippen LogP contribution in [0.3, 0.4) is 0 Å². The van der Waals surface area contributed by atoms with Crippen molar-refractivity contribution in [2.45, 2.75) is 17.6 Å². The van der Waals surface area contributed by atoms with Crippen LogP contribution in [0.25, 0.3) is 0 Å². The number of hydrogen-bond acceptors (Lipinski definition) is 4. The molecule has 1 N–H and O–H groups in total. The number of likely N-dealkylation sites (N-methyl/N-ethyl adjacent to an activating group) is 1. The van der Waals surface area contributed by atoms with Gasteiger partial charge in [-0.1, -0.05) is 66.7 Å². The molecular formula is C25H20N2O4. The zero-order valence-corrected chi connectivity index (χ0v) is 16.8. The number of nitrogens with zero attached hydrogens (tertiary/aromatic N) is 1. The van der Waals surface area contributed by atoms with Crippen LogP contribution in [0.15, 0.2) is 84.9 Å². The molecule has 0 aromatic heterocycles. The highest BCUT2D eigenvalue weighted by Crippen LogP contribution is 2.55. The van der Waals surface area contributed by atoms with Gasteiger partial charge >= 0.3 is 5.97 Å². The zero-order valence-electron chi connectivity index (χ0n) is 16.8. The Morgan fingerprint density at radius 1 is 0.903 bits per heavy atom. The number of carbonyl (C=O) groups excluding carboxylic acids is 3. The molecule has 0 radical (unpaired) electrons. The van der Waals surface area contributed by atoms with Crippen molar-refractivity contribution in [2.75, 3.05) is 11.9 Å². The first-order valence-corrected chi connectivity index (χ1v) is 10.1. The van der Waals surface area contributed by atoms with Crippen molar-refractivity contribution in [3.05, 3.63) is 102 Å². The van der Waals surface area contributed by atoms with E-state index >= 15 is 0 Å². The summed E-state index contributed by atoms with van der Waals surface area (Å²) in [7, 11) is 1.67. The molecule has 0 aliphatic carbocycles. The lowest BCUT2D eigenvalue weighted by Crippen LogP contribution is -2.47. The number of nitrogens with one attached hydrogen (secondary N) is 1. The normalized spacial score (nSPS) is 24.2. The average Bonchev–Trinajstić information content (AvgIpc) is 3.22. The lowest BCUT2D eigenvalue weighted by atomic mass is 9.76. The third-order valence-electron chi connectivity index (χ3n) is 6.06. The Kier molecular flexibility index (Phi) is 4.36. The van der Waals surface area contributed by atoms with Crippen molar-refractivity contribution >= 4 is 23.5 Å². The SMILES string of the molecule is CN1C(=O)C2(OC(=O)C(NC(=O)c3ccccc3)C2c2ccccc2)c2ccccc21. The standard InChI is InChI=1S/C25H20N2O4/c1-27-19-15-9-8-14-18(19)25(24(27)30)20(16-10-4-2-5-11-16)21(23(29)31-25)26-22(28)17-12-6-3-7-13-17/h2-15,20-21H,1H3,(H,26,28). The first-order valence-electron chi connectivity index (χ1n) is 10.1. The van der Waals surface area contributed by atoms with Gasteiger partial charge in [-0.05, 0) is 23.8 Å². The van der Waals surface area contributed by atoms with Crippen LogP contribution in [-0.4, -0.2) is 30.9 Å². The monoisotopic (exact) mass is 412 g/mol. The summed E-state index contributed by atoms with van der Waals surface area (Å²) in [6.45, 7) is 0. The van der Waals surface area contributed by atoms with Gasteiger partial charge in [0.2, 0.25) is 5.60 Å². The fraction of sp³-hybridized carbons (Fsp3) is 0.160. The summed E-state index contributed by atoms with van der Waals surface area (Å²) >= 11 is 0. The Morgan fingerprint density at radius 3 is 2.23 bits per heavy atom. The van der Waals surface area contributed by atoms with Crippen LogP contribution in [0.4, 0.5) is 5.69 Å². The molecule has 1 saturated heterocycles. The van der Waals surface area contributed by atoms with Crippen molar-refractivity contribution in [2.24, 2.45) is 0 Å². The van der Waals surface area contributed by atoms with Gasteiger partial charge in [-0.15, -0.1) is 0 Å². The molecule has 6 nitrogen and oxygen atoms in total. The van der Waals surface area contributed by atoms with Crippen molar-refractivity contribution < 1.29 is 19.1 Å². The van der Waals surface area contributed by atoms with Crippen molar-refractivity contribution in [3.8, 4) is 0 Å². The fourth-order valence-corrected chi connectivity index (χ4v) is 4.65. The molecule has 2 aliphatic rings. The molecule has 5 rings (SSSR count). The van der Waals surface area contributed by atoms with Gasteiger partial charge in [0.15, 0.2) is 0 Å². The van der Waals surface area contributed by atoms with Gasteiger partial charge < -0.3 is 15.0 Å². The number of anilines is 1. The number of hydrogen-bond donors (Lipinski definition) is 1. The summed E-state index contributed by atoms with van der Waals surface area (Å²) in [5.41, 5.74) is 0.958. The second-order valence-electron chi connectivity index (χ2n) is 7.74. The summed E-state index contributed by atoms with van der Waals surface area (Å²) in [6.07, 6.45) is 0. The smallest absolute Gasteiger partial charge is 0.330 e. The number of fused-ring (bicyclic) bond motifs is 2. The maximum atomic E-state index is 13.6. The van der Waals surface area contributed by atoms with E-state index in [1.165, 1.54) is 4.90 Å². The average molecular weight is 412 g/mol. The van der Waals surface area contributed by atoms with E-state index in [0.29, 0.717) is 16.8 Å². The predicted octanol–water partition coefficient (Wildman–Crippen LogP) is 3.00. The minimum atomic E-state index is -1.53. The molecule has 154 valence electrons. The minimum Gasteiger partial charge on any atom is -0.442 e. The number of ether oxygens (including phenoxy) is 1. The Balaban J connectivity index is 1.65. The summed E-state index contributed by atoms with van der Waals surface area (Å²) in [5.74, 6) is -2.07. The molecule has 3 atom stereocenters. The van der Waals surface area contributed by atoms with E-state index in [1.807, 2.05) is 54.6 Å². The number of rotatable bonds is 3. The Bertz CT molecular complexity index is 1180. The molecule has 31 heavy (non-hydrogen) atoms. The first-order chi connectivity index (χ1) is 15.0. The largest absolute Gasteiger partial charge is 0.442 e. The van der Waals surface area contributed by atoms with Crippen molar-refractivity contribution in [1.82, 2.24) is 5.32 Å². The van der Waals surface area contributed by atoms with Gasteiger partial charge in [0, 0.05) is 18.2 Å². The molecule has 3 unspecified atom stereocenters. The molecule has 2 heterocycles. The van der Waals surface area contributed by atoms with Crippen LogP contribution < -0.4 is 10.2 Å². The molecule has 2 amide bonds. The van der Waals surface area contributed by atoms with E-state index in [4.69, 9.17) is 4.74 Å². The van der Waals surface area contributed by atoms with Crippen LogP contribution >= 0.6 is 0 Å².